The van der Waals surface area contributed by atoms with Gasteiger partial charge < -0.3 is 14.5 Å². The SMILES string of the molecule is Cc1nc(C(C)C)sc1C(=O)N1CCCO[C@@H](CN2CCCC2)C1. The van der Waals surface area contributed by atoms with Gasteiger partial charge in [0.05, 0.1) is 16.8 Å². The molecule has 0 bridgehead atoms. The fourth-order valence-electron chi connectivity index (χ4n) is 3.45. The fourth-order valence-corrected chi connectivity index (χ4v) is 4.49. The quantitative estimate of drug-likeness (QED) is 0.837. The molecule has 2 saturated heterocycles. The number of likely N-dealkylation sites (tertiary alicyclic amines) is 1. The molecule has 0 aromatic carbocycles. The third-order valence-corrected chi connectivity index (χ3v) is 6.24. The Morgan fingerprint density at radius 2 is 2.04 bits per heavy atom. The summed E-state index contributed by atoms with van der Waals surface area (Å²) in [6.45, 7) is 11.7. The minimum Gasteiger partial charge on any atom is -0.375 e. The highest BCUT2D eigenvalue weighted by Crippen LogP contribution is 2.26. The van der Waals surface area contributed by atoms with Gasteiger partial charge in [0.25, 0.3) is 5.91 Å². The second-order valence-corrected chi connectivity index (χ2v) is 8.26. The Balaban J connectivity index is 1.68. The lowest BCUT2D eigenvalue weighted by molar-refractivity contribution is 0.0298. The zero-order chi connectivity index (χ0) is 17.1. The summed E-state index contributed by atoms with van der Waals surface area (Å²) in [5, 5.41) is 1.05. The van der Waals surface area contributed by atoms with Crippen molar-refractivity contribution < 1.29 is 9.53 Å². The molecular formula is C18H29N3O2S. The summed E-state index contributed by atoms with van der Waals surface area (Å²) in [6.07, 6.45) is 3.62. The Bertz CT molecular complexity index is 567. The van der Waals surface area contributed by atoms with E-state index in [0.717, 1.165) is 41.7 Å². The largest absolute Gasteiger partial charge is 0.375 e. The van der Waals surface area contributed by atoms with E-state index < -0.39 is 0 Å². The third kappa shape index (κ3) is 4.16. The third-order valence-electron chi connectivity index (χ3n) is 4.80. The summed E-state index contributed by atoms with van der Waals surface area (Å²) >= 11 is 1.56. The van der Waals surface area contributed by atoms with Crippen molar-refractivity contribution in [3.05, 3.63) is 15.6 Å². The molecule has 134 valence electrons. The number of ether oxygens (including phenoxy) is 1. The van der Waals surface area contributed by atoms with Crippen LogP contribution in [0.4, 0.5) is 0 Å². The molecule has 1 amide bonds. The van der Waals surface area contributed by atoms with Crippen molar-refractivity contribution in [2.75, 3.05) is 39.3 Å². The van der Waals surface area contributed by atoms with Crippen molar-refractivity contribution in [1.82, 2.24) is 14.8 Å². The molecule has 0 N–H and O–H groups in total. The molecule has 0 aliphatic carbocycles. The van der Waals surface area contributed by atoms with E-state index in [2.05, 4.69) is 23.7 Å². The number of aryl methyl sites for hydroxylation is 1. The van der Waals surface area contributed by atoms with Crippen molar-refractivity contribution in [2.24, 2.45) is 0 Å². The van der Waals surface area contributed by atoms with Crippen LogP contribution in [-0.4, -0.2) is 66.1 Å². The molecule has 2 aliphatic heterocycles. The Kier molecular flexibility index (Phi) is 5.89. The number of amides is 1. The van der Waals surface area contributed by atoms with E-state index in [1.807, 2.05) is 11.8 Å². The molecule has 2 fully saturated rings. The predicted molar refractivity (Wildman–Crippen MR) is 96.9 cm³/mol. The molecule has 0 spiro atoms. The maximum absolute atomic E-state index is 13.0. The first-order chi connectivity index (χ1) is 11.5. The molecular weight excluding hydrogens is 322 g/mol. The average molecular weight is 352 g/mol. The molecule has 0 radical (unpaired) electrons. The smallest absolute Gasteiger partial charge is 0.265 e. The molecule has 6 heteroatoms. The lowest BCUT2D eigenvalue weighted by Crippen LogP contribution is -2.41. The van der Waals surface area contributed by atoms with Gasteiger partial charge in [0.15, 0.2) is 0 Å². The van der Waals surface area contributed by atoms with Gasteiger partial charge in [-0.05, 0) is 39.3 Å². The van der Waals surface area contributed by atoms with E-state index in [0.29, 0.717) is 12.5 Å². The van der Waals surface area contributed by atoms with Crippen molar-refractivity contribution >= 4 is 17.2 Å². The molecule has 3 heterocycles. The zero-order valence-corrected chi connectivity index (χ0v) is 15.9. The van der Waals surface area contributed by atoms with E-state index in [1.165, 1.54) is 25.9 Å². The average Bonchev–Trinajstić information content (AvgIpc) is 3.12. The number of rotatable bonds is 4. The highest BCUT2D eigenvalue weighted by molar-refractivity contribution is 7.13. The Morgan fingerprint density at radius 1 is 1.29 bits per heavy atom. The van der Waals surface area contributed by atoms with Crippen LogP contribution in [0.2, 0.25) is 0 Å². The fraction of sp³-hybridized carbons (Fsp3) is 0.778. The van der Waals surface area contributed by atoms with E-state index in [-0.39, 0.29) is 12.0 Å². The Labute approximate surface area is 149 Å². The minimum absolute atomic E-state index is 0.132. The van der Waals surface area contributed by atoms with Gasteiger partial charge in [-0.15, -0.1) is 11.3 Å². The van der Waals surface area contributed by atoms with E-state index in [9.17, 15) is 4.79 Å². The summed E-state index contributed by atoms with van der Waals surface area (Å²) in [5.74, 6) is 0.499. The Morgan fingerprint density at radius 3 is 2.71 bits per heavy atom. The van der Waals surface area contributed by atoms with E-state index in [1.54, 1.807) is 11.3 Å². The number of hydrogen-bond donors (Lipinski definition) is 0. The highest BCUT2D eigenvalue weighted by atomic mass is 32.1. The molecule has 1 atom stereocenters. The second kappa shape index (κ2) is 7.93. The number of thiazole rings is 1. The van der Waals surface area contributed by atoms with Gasteiger partial charge in [-0.3, -0.25) is 4.79 Å². The summed E-state index contributed by atoms with van der Waals surface area (Å²) in [7, 11) is 0. The van der Waals surface area contributed by atoms with Crippen LogP contribution in [-0.2, 0) is 4.74 Å². The van der Waals surface area contributed by atoms with E-state index in [4.69, 9.17) is 4.74 Å². The number of carbonyl (C=O) groups is 1. The highest BCUT2D eigenvalue weighted by Gasteiger charge is 2.28. The van der Waals surface area contributed by atoms with Crippen LogP contribution in [0.15, 0.2) is 0 Å². The number of hydrogen-bond acceptors (Lipinski definition) is 5. The van der Waals surface area contributed by atoms with Gasteiger partial charge in [0.1, 0.15) is 4.88 Å². The molecule has 0 unspecified atom stereocenters. The lowest BCUT2D eigenvalue weighted by Gasteiger charge is -2.26. The van der Waals surface area contributed by atoms with Gasteiger partial charge >= 0.3 is 0 Å². The lowest BCUT2D eigenvalue weighted by atomic mass is 10.2. The topological polar surface area (TPSA) is 45.7 Å². The molecule has 1 aromatic rings. The number of aromatic nitrogens is 1. The first-order valence-corrected chi connectivity index (χ1v) is 9.97. The van der Waals surface area contributed by atoms with Crippen LogP contribution < -0.4 is 0 Å². The van der Waals surface area contributed by atoms with Gasteiger partial charge in [0, 0.05) is 32.2 Å². The maximum Gasteiger partial charge on any atom is 0.265 e. The standard InChI is InChI=1S/C18H29N3O2S/c1-13(2)17-19-14(3)16(24-17)18(22)21-9-6-10-23-15(12-21)11-20-7-4-5-8-20/h13,15H,4-12H2,1-3H3/t15-/m0/s1. The number of nitrogens with zero attached hydrogens (tertiary/aromatic N) is 3. The first kappa shape index (κ1) is 17.8. The maximum atomic E-state index is 13.0. The van der Waals surface area contributed by atoms with Crippen LogP contribution in [0.5, 0.6) is 0 Å². The molecule has 24 heavy (non-hydrogen) atoms. The van der Waals surface area contributed by atoms with Crippen molar-refractivity contribution in [1.29, 1.82) is 0 Å². The van der Waals surface area contributed by atoms with Gasteiger partial charge in [0.2, 0.25) is 0 Å². The summed E-state index contributed by atoms with van der Waals surface area (Å²) in [6, 6.07) is 0. The van der Waals surface area contributed by atoms with Gasteiger partial charge in [-0.25, -0.2) is 4.98 Å². The van der Waals surface area contributed by atoms with Crippen LogP contribution in [0.1, 0.15) is 59.4 Å². The normalized spacial score (nSPS) is 23.0. The number of carbonyl (C=O) groups excluding carboxylic acids is 1. The van der Waals surface area contributed by atoms with Gasteiger partial charge in [-0.2, -0.15) is 0 Å². The molecule has 3 rings (SSSR count). The second-order valence-electron chi connectivity index (χ2n) is 7.23. The predicted octanol–water partition coefficient (Wildman–Crippen LogP) is 2.90. The first-order valence-electron chi connectivity index (χ1n) is 9.15. The van der Waals surface area contributed by atoms with Crippen molar-refractivity contribution in [3.8, 4) is 0 Å². The van der Waals surface area contributed by atoms with Crippen LogP contribution >= 0.6 is 11.3 Å². The molecule has 0 saturated carbocycles. The summed E-state index contributed by atoms with van der Waals surface area (Å²) < 4.78 is 6.01. The van der Waals surface area contributed by atoms with Crippen LogP contribution in [0.25, 0.3) is 0 Å². The summed E-state index contributed by atoms with van der Waals surface area (Å²) in [5.41, 5.74) is 0.870. The van der Waals surface area contributed by atoms with Gasteiger partial charge in [-0.1, -0.05) is 13.8 Å². The molecule has 2 aliphatic rings. The van der Waals surface area contributed by atoms with E-state index >= 15 is 0 Å². The Hall–Kier alpha value is -0.980. The van der Waals surface area contributed by atoms with Crippen LogP contribution in [0, 0.1) is 6.92 Å². The van der Waals surface area contributed by atoms with Crippen molar-refractivity contribution in [2.45, 2.75) is 52.1 Å². The zero-order valence-electron chi connectivity index (χ0n) is 15.1. The van der Waals surface area contributed by atoms with Crippen LogP contribution in [0.3, 0.4) is 0 Å². The molecule has 5 nitrogen and oxygen atoms in total. The minimum atomic E-state index is 0.132. The monoisotopic (exact) mass is 351 g/mol. The molecule has 1 aromatic heterocycles. The summed E-state index contributed by atoms with van der Waals surface area (Å²) in [4.78, 5) is 22.9. The van der Waals surface area contributed by atoms with Crippen molar-refractivity contribution in [3.63, 3.8) is 0 Å².